The zero-order valence-corrected chi connectivity index (χ0v) is 38.6. The maximum atomic E-state index is 6.81. The van der Waals surface area contributed by atoms with Crippen LogP contribution < -0.4 is 9.30 Å². The first-order chi connectivity index (χ1) is 33.8. The molecule has 0 atom stereocenters. The largest absolute Gasteiger partial charge is 0.458 e. The van der Waals surface area contributed by atoms with E-state index in [0.717, 1.165) is 61.5 Å². The molecule has 13 rings (SSSR count). The molecule has 3 heterocycles. The van der Waals surface area contributed by atoms with E-state index in [1.165, 1.54) is 61.2 Å². The van der Waals surface area contributed by atoms with Gasteiger partial charge in [0.25, 0.3) is 6.33 Å². The first-order valence-corrected chi connectivity index (χ1v) is 23.6. The summed E-state index contributed by atoms with van der Waals surface area (Å²) in [5, 5.41) is 2.30. The van der Waals surface area contributed by atoms with Gasteiger partial charge in [0.2, 0.25) is 0 Å². The van der Waals surface area contributed by atoms with E-state index in [-0.39, 0.29) is 5.41 Å². The predicted octanol–water partition coefficient (Wildman–Crippen LogP) is 15.9. The van der Waals surface area contributed by atoms with E-state index in [1.54, 1.807) is 0 Å². The maximum Gasteiger partial charge on any atom is 0.269 e. The zero-order valence-electron chi connectivity index (χ0n) is 38.6. The van der Waals surface area contributed by atoms with Crippen molar-refractivity contribution < 1.29 is 9.30 Å². The Morgan fingerprint density at radius 3 is 1.80 bits per heavy atom. The molecule has 0 bridgehead atoms. The molecule has 9 aromatic carbocycles. The Hall–Kier alpha value is -8.80. The first kappa shape index (κ1) is 40.5. The Kier molecular flexibility index (Phi) is 9.34. The first-order valence-electron chi connectivity index (χ1n) is 23.6. The molecular formula is C64H46N4O. The van der Waals surface area contributed by atoms with Gasteiger partial charge in [-0.2, -0.15) is 0 Å². The second kappa shape index (κ2) is 15.9. The van der Waals surface area contributed by atoms with Crippen molar-refractivity contribution in [1.82, 2.24) is 14.1 Å². The lowest BCUT2D eigenvalue weighted by Gasteiger charge is -2.23. The van der Waals surface area contributed by atoms with E-state index < -0.39 is 0 Å². The Balaban J connectivity index is 0.905. The van der Waals surface area contributed by atoms with Crippen molar-refractivity contribution >= 4 is 32.8 Å². The lowest BCUT2D eigenvalue weighted by molar-refractivity contribution is -0.572. The Labute approximate surface area is 401 Å². The molecule has 5 nitrogen and oxygen atoms in total. The summed E-state index contributed by atoms with van der Waals surface area (Å²) in [6, 6.07) is 78.0. The maximum absolute atomic E-state index is 6.81. The van der Waals surface area contributed by atoms with Crippen LogP contribution in [-0.2, 0) is 5.41 Å². The fourth-order valence-electron chi connectivity index (χ4n) is 10.4. The van der Waals surface area contributed by atoms with Gasteiger partial charge in [-0.1, -0.05) is 166 Å². The standard InChI is InChI=1S/C64H46N4O/c1-64(2,3)44-34-35-65-63(37-44)68-59-33-28-43(42-16-5-4-6-17-42)36-58(59)56-32-30-48(40-62(56)68)69-47-19-15-18-45(38-47)66-41-67(61-27-14-13-26-60(61)66)46-29-31-55-53-24-10-9-22-51(53)49-20-7-8-21-50(49)52-23-11-12-25-54(52)57(55)39-46/h4-40H,1-3H3. The monoisotopic (exact) mass is 886 g/mol. The summed E-state index contributed by atoms with van der Waals surface area (Å²) in [5.41, 5.74) is 19.5. The SMILES string of the molecule is CC(C)(C)c1ccnc(-n2c3ccc(-c4ccccc4)cc3c3ccc(Oc4cccc(-n5[c-][n+](-c6ccc7c(c6)-c6ccccc6-c6ccccc6-c6ccccc6-7)c6ccccc65)c4)cc32)c1. The van der Waals surface area contributed by atoms with Crippen molar-refractivity contribution in [2.45, 2.75) is 26.2 Å². The lowest BCUT2D eigenvalue weighted by atomic mass is 9.81. The number of fused-ring (bicyclic) bond motifs is 12. The highest BCUT2D eigenvalue weighted by Gasteiger charge is 2.24. The van der Waals surface area contributed by atoms with Crippen LogP contribution in [0.4, 0.5) is 0 Å². The van der Waals surface area contributed by atoms with Crippen LogP contribution in [0, 0.1) is 6.33 Å². The number of pyridine rings is 1. The van der Waals surface area contributed by atoms with Gasteiger partial charge < -0.3 is 4.74 Å². The number of benzene rings is 9. The van der Waals surface area contributed by atoms with E-state index in [9.17, 15) is 0 Å². The normalized spacial score (nSPS) is 12.0. The summed E-state index contributed by atoms with van der Waals surface area (Å²) in [6.07, 6.45) is 5.70. The highest BCUT2D eigenvalue weighted by Crippen LogP contribution is 2.48. The third-order valence-corrected chi connectivity index (χ3v) is 13.8. The van der Waals surface area contributed by atoms with Crippen molar-refractivity contribution in [2.75, 3.05) is 0 Å². The van der Waals surface area contributed by atoms with Gasteiger partial charge >= 0.3 is 0 Å². The van der Waals surface area contributed by atoms with Crippen molar-refractivity contribution in [3.8, 4) is 84.3 Å². The van der Waals surface area contributed by atoms with Crippen molar-refractivity contribution in [2.24, 2.45) is 0 Å². The topological polar surface area (TPSA) is 35.9 Å². The van der Waals surface area contributed by atoms with Crippen LogP contribution in [0.5, 0.6) is 11.5 Å². The van der Waals surface area contributed by atoms with E-state index in [0.29, 0.717) is 0 Å². The van der Waals surface area contributed by atoms with Gasteiger partial charge in [-0.25, -0.2) is 4.98 Å². The molecule has 0 aliphatic heterocycles. The third kappa shape index (κ3) is 6.85. The Morgan fingerprint density at radius 1 is 0.449 bits per heavy atom. The quantitative estimate of drug-likeness (QED) is 0.123. The van der Waals surface area contributed by atoms with E-state index in [2.05, 4.69) is 253 Å². The van der Waals surface area contributed by atoms with E-state index >= 15 is 0 Å². The smallest absolute Gasteiger partial charge is 0.269 e. The molecule has 0 saturated carbocycles. The van der Waals surface area contributed by atoms with Gasteiger partial charge in [0, 0.05) is 23.0 Å². The lowest BCUT2D eigenvalue weighted by Crippen LogP contribution is -2.29. The number of ether oxygens (including phenoxy) is 1. The number of imidazole rings is 1. The number of nitrogens with zero attached hydrogens (tertiary/aromatic N) is 4. The van der Waals surface area contributed by atoms with Crippen molar-refractivity contribution in [3.05, 3.63) is 236 Å². The van der Waals surface area contributed by atoms with Gasteiger partial charge in [-0.05, 0) is 133 Å². The summed E-state index contributed by atoms with van der Waals surface area (Å²) < 4.78 is 13.4. The summed E-state index contributed by atoms with van der Waals surface area (Å²) in [6.45, 7) is 6.73. The molecule has 1 aliphatic carbocycles. The number of hydrogen-bond donors (Lipinski definition) is 0. The van der Waals surface area contributed by atoms with Crippen LogP contribution in [-0.4, -0.2) is 14.1 Å². The minimum Gasteiger partial charge on any atom is -0.458 e. The minimum absolute atomic E-state index is 0.0376. The summed E-state index contributed by atoms with van der Waals surface area (Å²) in [5.74, 6) is 2.34. The van der Waals surface area contributed by atoms with Crippen LogP contribution in [0.3, 0.4) is 0 Å². The molecule has 12 aromatic rings. The van der Waals surface area contributed by atoms with E-state index in [4.69, 9.17) is 9.72 Å². The highest BCUT2D eigenvalue weighted by molar-refractivity contribution is 6.11. The minimum atomic E-state index is -0.0376. The van der Waals surface area contributed by atoms with Crippen molar-refractivity contribution in [3.63, 3.8) is 0 Å². The molecule has 0 amide bonds. The molecule has 0 fully saturated rings. The number of para-hydroxylation sites is 2. The van der Waals surface area contributed by atoms with E-state index in [1.807, 2.05) is 12.3 Å². The Bertz CT molecular complexity index is 3980. The Morgan fingerprint density at radius 2 is 1.09 bits per heavy atom. The molecule has 0 saturated heterocycles. The third-order valence-electron chi connectivity index (χ3n) is 13.8. The van der Waals surface area contributed by atoms with Crippen LogP contribution in [0.25, 0.3) is 106 Å². The summed E-state index contributed by atoms with van der Waals surface area (Å²) >= 11 is 0. The molecule has 1 aliphatic rings. The number of hydrogen-bond acceptors (Lipinski definition) is 2. The van der Waals surface area contributed by atoms with Gasteiger partial charge in [0.15, 0.2) is 0 Å². The molecule has 5 heteroatoms. The number of rotatable bonds is 6. The van der Waals surface area contributed by atoms with Crippen molar-refractivity contribution in [1.29, 1.82) is 0 Å². The van der Waals surface area contributed by atoms with Crippen LogP contribution in [0.1, 0.15) is 26.3 Å². The average Bonchev–Trinajstić information content (AvgIpc) is 3.94. The molecule has 0 spiro atoms. The fourth-order valence-corrected chi connectivity index (χ4v) is 10.4. The van der Waals surface area contributed by atoms with Crippen LogP contribution in [0.15, 0.2) is 225 Å². The molecule has 0 radical (unpaired) electrons. The molecule has 328 valence electrons. The second-order valence-electron chi connectivity index (χ2n) is 19.0. The molecule has 0 unspecified atom stereocenters. The van der Waals surface area contributed by atoms with Gasteiger partial charge in [-0.3, -0.25) is 13.7 Å². The highest BCUT2D eigenvalue weighted by atomic mass is 16.5. The number of aromatic nitrogens is 4. The van der Waals surface area contributed by atoms with Crippen LogP contribution in [0.2, 0.25) is 0 Å². The fraction of sp³-hybridized carbons (Fsp3) is 0.0625. The molecule has 0 N–H and O–H groups in total. The molecule has 69 heavy (non-hydrogen) atoms. The summed E-state index contributed by atoms with van der Waals surface area (Å²) in [4.78, 5) is 4.95. The van der Waals surface area contributed by atoms with Crippen LogP contribution >= 0.6 is 0 Å². The molecular weight excluding hydrogens is 841 g/mol. The summed E-state index contributed by atoms with van der Waals surface area (Å²) in [7, 11) is 0. The average molecular weight is 887 g/mol. The zero-order chi connectivity index (χ0) is 46.2. The predicted molar refractivity (Wildman–Crippen MR) is 282 cm³/mol. The van der Waals surface area contributed by atoms with Gasteiger partial charge in [-0.15, -0.1) is 0 Å². The molecule has 3 aromatic heterocycles. The van der Waals surface area contributed by atoms with Gasteiger partial charge in [0.05, 0.1) is 33.4 Å². The second-order valence-corrected chi connectivity index (χ2v) is 19.0. The van der Waals surface area contributed by atoms with Gasteiger partial charge in [0.1, 0.15) is 17.3 Å².